The molecule has 1 rings (SSSR count). The van der Waals surface area contributed by atoms with Gasteiger partial charge in [-0.2, -0.15) is 0 Å². The van der Waals surface area contributed by atoms with Crippen LogP contribution in [0.1, 0.15) is 60.3 Å². The fourth-order valence-corrected chi connectivity index (χ4v) is 2.22. The van der Waals surface area contributed by atoms with E-state index in [9.17, 15) is 0 Å². The highest BCUT2D eigenvalue weighted by Crippen LogP contribution is 2.24. The largest absolute Gasteiger partial charge is 0.303 e. The smallest absolute Gasteiger partial charge is 0.00160 e. The van der Waals surface area contributed by atoms with Crippen LogP contribution in [0.5, 0.6) is 0 Å². The summed E-state index contributed by atoms with van der Waals surface area (Å²) in [5.74, 6) is 1.89. The fraction of sp³-hybridized carbons (Fsp3) is 1.00. The maximum Gasteiger partial charge on any atom is -0.00160 e. The van der Waals surface area contributed by atoms with Crippen LogP contribution in [-0.2, 0) is 0 Å². The number of nitrogens with zero attached hydrogens (tertiary/aromatic N) is 1. The van der Waals surface area contributed by atoms with E-state index in [1.807, 2.05) is 13.8 Å². The van der Waals surface area contributed by atoms with Gasteiger partial charge in [0.1, 0.15) is 0 Å². The molecule has 0 saturated carbocycles. The average molecular weight is 213 g/mol. The minimum absolute atomic E-state index is 0.897. The first-order chi connectivity index (χ1) is 7.24. The first-order valence-corrected chi connectivity index (χ1v) is 6.96. The van der Waals surface area contributed by atoms with Crippen LogP contribution in [0.4, 0.5) is 0 Å². The molecule has 0 radical (unpaired) electrons. The molecule has 0 aromatic rings. The molecule has 0 atom stereocenters. The minimum atomic E-state index is 0.897. The van der Waals surface area contributed by atoms with E-state index in [-0.39, 0.29) is 0 Å². The summed E-state index contributed by atoms with van der Waals surface area (Å²) in [6.07, 6.45) is 5.58. The van der Waals surface area contributed by atoms with E-state index in [4.69, 9.17) is 0 Å². The van der Waals surface area contributed by atoms with Gasteiger partial charge in [-0.25, -0.2) is 0 Å². The van der Waals surface area contributed by atoms with Crippen molar-refractivity contribution < 1.29 is 0 Å². The first kappa shape index (κ1) is 15.0. The molecule has 0 aromatic heterocycles. The number of unbranched alkanes of at least 4 members (excludes halogenated alkanes) is 1. The summed E-state index contributed by atoms with van der Waals surface area (Å²) in [5, 5.41) is 0. The van der Waals surface area contributed by atoms with Gasteiger partial charge in [0.15, 0.2) is 0 Å². The zero-order chi connectivity index (χ0) is 11.7. The van der Waals surface area contributed by atoms with Gasteiger partial charge >= 0.3 is 0 Å². The standard InChI is InChI=1S/C12H25N.C2H6/c1-4-5-8-13-9-6-12(7-10-13)11(2)3;1-2/h11-12H,4-10H2,1-3H3;1-2H3. The molecule has 1 aliphatic heterocycles. The monoisotopic (exact) mass is 213 g/mol. The highest BCUT2D eigenvalue weighted by Gasteiger charge is 2.20. The lowest BCUT2D eigenvalue weighted by Gasteiger charge is -2.33. The van der Waals surface area contributed by atoms with Crippen LogP contribution in [0.15, 0.2) is 0 Å². The molecule has 0 bridgehead atoms. The normalized spacial score (nSPS) is 18.8. The zero-order valence-electron chi connectivity index (χ0n) is 11.6. The molecule has 1 saturated heterocycles. The Morgan fingerprint density at radius 2 is 1.67 bits per heavy atom. The predicted molar refractivity (Wildman–Crippen MR) is 70.3 cm³/mol. The second-order valence-corrected chi connectivity index (χ2v) is 4.78. The highest BCUT2D eigenvalue weighted by atomic mass is 15.1. The lowest BCUT2D eigenvalue weighted by molar-refractivity contribution is 0.156. The van der Waals surface area contributed by atoms with Crippen molar-refractivity contribution in [3.63, 3.8) is 0 Å². The third-order valence-corrected chi connectivity index (χ3v) is 3.40. The van der Waals surface area contributed by atoms with Crippen LogP contribution in [0.25, 0.3) is 0 Å². The van der Waals surface area contributed by atoms with Crippen LogP contribution in [0.2, 0.25) is 0 Å². The average Bonchev–Trinajstić information content (AvgIpc) is 2.29. The van der Waals surface area contributed by atoms with Crippen LogP contribution in [-0.4, -0.2) is 24.5 Å². The molecule has 1 heterocycles. The molecule has 1 fully saturated rings. The predicted octanol–water partition coefficient (Wildman–Crippen LogP) is 4.18. The Balaban J connectivity index is 0.000000921. The summed E-state index contributed by atoms with van der Waals surface area (Å²) in [5.41, 5.74) is 0. The van der Waals surface area contributed by atoms with Crippen molar-refractivity contribution in [1.29, 1.82) is 0 Å². The summed E-state index contributed by atoms with van der Waals surface area (Å²) in [6.45, 7) is 15.0. The van der Waals surface area contributed by atoms with Crippen LogP contribution in [0, 0.1) is 11.8 Å². The minimum Gasteiger partial charge on any atom is -0.303 e. The summed E-state index contributed by atoms with van der Waals surface area (Å²) >= 11 is 0. The van der Waals surface area contributed by atoms with Gasteiger partial charge in [-0.1, -0.05) is 41.0 Å². The number of hydrogen-bond donors (Lipinski definition) is 0. The van der Waals surface area contributed by atoms with Gasteiger partial charge in [0.2, 0.25) is 0 Å². The van der Waals surface area contributed by atoms with Gasteiger partial charge in [-0.15, -0.1) is 0 Å². The Morgan fingerprint density at radius 3 is 2.07 bits per heavy atom. The molecular formula is C14H31N. The molecule has 0 aromatic carbocycles. The topological polar surface area (TPSA) is 3.24 Å². The Morgan fingerprint density at radius 1 is 1.13 bits per heavy atom. The van der Waals surface area contributed by atoms with Crippen molar-refractivity contribution in [3.05, 3.63) is 0 Å². The summed E-state index contributed by atoms with van der Waals surface area (Å²) in [4.78, 5) is 2.64. The van der Waals surface area contributed by atoms with E-state index in [2.05, 4.69) is 25.7 Å². The van der Waals surface area contributed by atoms with Crippen molar-refractivity contribution >= 4 is 0 Å². The lowest BCUT2D eigenvalue weighted by atomic mass is 9.87. The van der Waals surface area contributed by atoms with Gasteiger partial charge in [0.05, 0.1) is 0 Å². The SMILES string of the molecule is CC.CCCCN1CCC(C(C)C)CC1. The second kappa shape index (κ2) is 9.21. The lowest BCUT2D eigenvalue weighted by Crippen LogP contribution is -2.35. The maximum absolute atomic E-state index is 2.64. The zero-order valence-corrected chi connectivity index (χ0v) is 11.6. The third kappa shape index (κ3) is 6.19. The van der Waals surface area contributed by atoms with E-state index < -0.39 is 0 Å². The van der Waals surface area contributed by atoms with E-state index in [0.717, 1.165) is 11.8 Å². The van der Waals surface area contributed by atoms with E-state index >= 15 is 0 Å². The molecular weight excluding hydrogens is 182 g/mol. The van der Waals surface area contributed by atoms with Gasteiger partial charge in [-0.05, 0) is 50.7 Å². The van der Waals surface area contributed by atoms with Crippen LogP contribution in [0.3, 0.4) is 0 Å². The fourth-order valence-electron chi connectivity index (χ4n) is 2.22. The number of likely N-dealkylation sites (tertiary alicyclic amines) is 1. The molecule has 15 heavy (non-hydrogen) atoms. The second-order valence-electron chi connectivity index (χ2n) is 4.78. The van der Waals surface area contributed by atoms with Crippen molar-refractivity contribution in [1.82, 2.24) is 4.90 Å². The first-order valence-electron chi connectivity index (χ1n) is 6.96. The summed E-state index contributed by atoms with van der Waals surface area (Å²) in [6, 6.07) is 0. The quantitative estimate of drug-likeness (QED) is 0.677. The van der Waals surface area contributed by atoms with Gasteiger partial charge in [0, 0.05) is 0 Å². The molecule has 0 amide bonds. The Labute approximate surface area is 97.2 Å². The highest BCUT2D eigenvalue weighted by molar-refractivity contribution is 4.73. The van der Waals surface area contributed by atoms with Crippen LogP contribution < -0.4 is 0 Å². The number of piperidine rings is 1. The maximum atomic E-state index is 2.64. The van der Waals surface area contributed by atoms with Crippen molar-refractivity contribution in [2.45, 2.75) is 60.3 Å². The molecule has 1 nitrogen and oxygen atoms in total. The third-order valence-electron chi connectivity index (χ3n) is 3.40. The van der Waals surface area contributed by atoms with Crippen molar-refractivity contribution in [2.24, 2.45) is 11.8 Å². The number of hydrogen-bond acceptors (Lipinski definition) is 1. The van der Waals surface area contributed by atoms with Crippen molar-refractivity contribution in [2.75, 3.05) is 19.6 Å². The van der Waals surface area contributed by atoms with E-state index in [0.29, 0.717) is 0 Å². The van der Waals surface area contributed by atoms with Crippen molar-refractivity contribution in [3.8, 4) is 0 Å². The number of rotatable bonds is 4. The molecule has 1 aliphatic rings. The molecule has 92 valence electrons. The Bertz CT molecular complexity index is 123. The van der Waals surface area contributed by atoms with Crippen LogP contribution >= 0.6 is 0 Å². The Kier molecular flexibility index (Phi) is 9.18. The van der Waals surface area contributed by atoms with Gasteiger partial charge < -0.3 is 4.90 Å². The molecule has 1 heteroatoms. The molecule has 0 spiro atoms. The molecule has 0 aliphatic carbocycles. The molecule has 0 N–H and O–H groups in total. The Hall–Kier alpha value is -0.0400. The summed E-state index contributed by atoms with van der Waals surface area (Å²) < 4.78 is 0. The van der Waals surface area contributed by atoms with Gasteiger partial charge in [0.25, 0.3) is 0 Å². The molecule has 0 unspecified atom stereocenters. The van der Waals surface area contributed by atoms with E-state index in [1.165, 1.54) is 45.3 Å². The summed E-state index contributed by atoms with van der Waals surface area (Å²) in [7, 11) is 0. The van der Waals surface area contributed by atoms with E-state index in [1.54, 1.807) is 0 Å². The van der Waals surface area contributed by atoms with Gasteiger partial charge in [-0.3, -0.25) is 0 Å².